The quantitative estimate of drug-likeness (QED) is 0.923. The minimum atomic E-state index is -0.496. The van der Waals surface area contributed by atoms with Crippen LogP contribution in [0.15, 0.2) is 24.4 Å². The summed E-state index contributed by atoms with van der Waals surface area (Å²) in [7, 11) is 1.60. The normalized spacial score (nSPS) is 17.6. The molecule has 0 aliphatic carbocycles. The summed E-state index contributed by atoms with van der Waals surface area (Å²) < 4.78 is 10.6. The number of nitrogens with one attached hydrogen (secondary N) is 1. The van der Waals surface area contributed by atoms with Crippen LogP contribution in [0.2, 0.25) is 0 Å². The van der Waals surface area contributed by atoms with Crippen LogP contribution in [0.25, 0.3) is 11.0 Å². The van der Waals surface area contributed by atoms with E-state index in [0.29, 0.717) is 12.4 Å². The third kappa shape index (κ3) is 4.10. The molecule has 0 bridgehead atoms. The van der Waals surface area contributed by atoms with Crippen molar-refractivity contribution in [3.05, 3.63) is 24.4 Å². The van der Waals surface area contributed by atoms with E-state index >= 15 is 0 Å². The Morgan fingerprint density at radius 1 is 1.32 bits per heavy atom. The summed E-state index contributed by atoms with van der Waals surface area (Å²) in [4.78, 5) is 23.1. The van der Waals surface area contributed by atoms with Gasteiger partial charge in [-0.15, -0.1) is 0 Å². The van der Waals surface area contributed by atoms with Gasteiger partial charge in [-0.05, 0) is 39.3 Å². The fourth-order valence-electron chi connectivity index (χ4n) is 2.93. The number of pyridine rings is 2. The Labute approximate surface area is 147 Å². The Morgan fingerprint density at radius 2 is 2.12 bits per heavy atom. The van der Waals surface area contributed by atoms with E-state index in [9.17, 15) is 4.79 Å². The highest BCUT2D eigenvalue weighted by atomic mass is 16.6. The number of ether oxygens (including phenoxy) is 2. The molecule has 7 nitrogen and oxygen atoms in total. The predicted molar refractivity (Wildman–Crippen MR) is 96.1 cm³/mol. The third-order valence-electron chi connectivity index (χ3n) is 4.00. The third-order valence-corrected chi connectivity index (χ3v) is 4.00. The van der Waals surface area contributed by atoms with Crippen molar-refractivity contribution in [1.82, 2.24) is 15.3 Å². The number of alkyl carbamates (subject to hydrolysis) is 1. The van der Waals surface area contributed by atoms with Crippen molar-refractivity contribution < 1.29 is 14.3 Å². The number of rotatable bonds is 3. The second-order valence-electron chi connectivity index (χ2n) is 7.13. The fraction of sp³-hybridized carbons (Fsp3) is 0.500. The molecule has 1 aliphatic rings. The van der Waals surface area contributed by atoms with Crippen LogP contribution in [-0.2, 0) is 4.74 Å². The van der Waals surface area contributed by atoms with Crippen molar-refractivity contribution in [3.8, 4) is 5.88 Å². The molecule has 3 rings (SSSR count). The van der Waals surface area contributed by atoms with Gasteiger partial charge in [-0.3, -0.25) is 4.98 Å². The van der Waals surface area contributed by atoms with Crippen molar-refractivity contribution in [2.24, 2.45) is 0 Å². The Bertz CT molecular complexity index is 772. The topological polar surface area (TPSA) is 76.6 Å². The van der Waals surface area contributed by atoms with Crippen LogP contribution >= 0.6 is 0 Å². The summed E-state index contributed by atoms with van der Waals surface area (Å²) in [6, 6.07) is 5.70. The van der Waals surface area contributed by atoms with Crippen LogP contribution in [0.3, 0.4) is 0 Å². The molecule has 0 radical (unpaired) electrons. The van der Waals surface area contributed by atoms with Crippen LogP contribution in [0.4, 0.5) is 10.5 Å². The maximum Gasteiger partial charge on any atom is 0.407 e. The molecule has 1 aliphatic heterocycles. The highest BCUT2D eigenvalue weighted by Crippen LogP contribution is 2.28. The molecule has 1 unspecified atom stereocenters. The zero-order valence-corrected chi connectivity index (χ0v) is 15.1. The zero-order chi connectivity index (χ0) is 18.0. The Kier molecular flexibility index (Phi) is 4.65. The lowest BCUT2D eigenvalue weighted by atomic mass is 10.2. The van der Waals surface area contributed by atoms with Crippen LogP contribution in [0.1, 0.15) is 27.2 Å². The van der Waals surface area contributed by atoms with E-state index in [1.165, 1.54) is 0 Å². The van der Waals surface area contributed by atoms with Crippen molar-refractivity contribution >= 4 is 22.8 Å². The average Bonchev–Trinajstić information content (AvgIpc) is 3.00. The minimum absolute atomic E-state index is 0.0451. The summed E-state index contributed by atoms with van der Waals surface area (Å²) in [6.07, 6.45) is 2.26. The number of methoxy groups -OCH3 is 1. The average molecular weight is 344 g/mol. The predicted octanol–water partition coefficient (Wildman–Crippen LogP) is 2.74. The summed E-state index contributed by atoms with van der Waals surface area (Å²) in [5.74, 6) is 0.560. The Balaban J connectivity index is 1.74. The number of hydrogen-bond acceptors (Lipinski definition) is 6. The van der Waals surface area contributed by atoms with E-state index in [1.54, 1.807) is 19.4 Å². The molecule has 134 valence electrons. The maximum atomic E-state index is 12.0. The molecule has 1 N–H and O–H groups in total. The van der Waals surface area contributed by atoms with Crippen LogP contribution in [-0.4, -0.2) is 47.9 Å². The van der Waals surface area contributed by atoms with Gasteiger partial charge in [-0.1, -0.05) is 0 Å². The second-order valence-corrected chi connectivity index (χ2v) is 7.13. The van der Waals surface area contributed by atoms with Crippen molar-refractivity contribution in [1.29, 1.82) is 0 Å². The lowest BCUT2D eigenvalue weighted by Gasteiger charge is -2.22. The monoisotopic (exact) mass is 344 g/mol. The van der Waals surface area contributed by atoms with Gasteiger partial charge in [0.05, 0.1) is 24.4 Å². The SMILES string of the molecule is COc1ccc2nccc(N3CCC(NC(=O)OC(C)(C)C)C3)c2n1. The van der Waals surface area contributed by atoms with E-state index < -0.39 is 5.60 Å². The zero-order valence-electron chi connectivity index (χ0n) is 15.1. The van der Waals surface area contributed by atoms with E-state index in [-0.39, 0.29) is 12.1 Å². The largest absolute Gasteiger partial charge is 0.481 e. The Hall–Kier alpha value is -2.57. The molecule has 7 heteroatoms. The number of nitrogens with zero attached hydrogens (tertiary/aromatic N) is 3. The van der Waals surface area contributed by atoms with Gasteiger partial charge in [0.2, 0.25) is 5.88 Å². The van der Waals surface area contributed by atoms with Crippen molar-refractivity contribution in [3.63, 3.8) is 0 Å². The van der Waals surface area contributed by atoms with Gasteiger partial charge in [0.15, 0.2) is 0 Å². The molecule has 25 heavy (non-hydrogen) atoms. The maximum absolute atomic E-state index is 12.0. The molecule has 2 aromatic rings. The van der Waals surface area contributed by atoms with Crippen LogP contribution in [0.5, 0.6) is 5.88 Å². The first-order chi connectivity index (χ1) is 11.9. The minimum Gasteiger partial charge on any atom is -0.481 e. The van der Waals surface area contributed by atoms with Crippen molar-refractivity contribution in [2.75, 3.05) is 25.1 Å². The smallest absolute Gasteiger partial charge is 0.407 e. The van der Waals surface area contributed by atoms with Gasteiger partial charge < -0.3 is 19.7 Å². The van der Waals surface area contributed by atoms with Gasteiger partial charge in [-0.25, -0.2) is 9.78 Å². The van der Waals surface area contributed by atoms with Gasteiger partial charge in [0.25, 0.3) is 0 Å². The molecule has 1 amide bonds. The number of fused-ring (bicyclic) bond motifs is 1. The second kappa shape index (κ2) is 6.74. The number of hydrogen-bond donors (Lipinski definition) is 1. The molecule has 2 aromatic heterocycles. The van der Waals surface area contributed by atoms with Crippen molar-refractivity contribution in [2.45, 2.75) is 38.8 Å². The number of carbonyl (C=O) groups excluding carboxylic acids is 1. The van der Waals surface area contributed by atoms with Gasteiger partial charge in [0, 0.05) is 25.4 Å². The molecule has 1 atom stereocenters. The first-order valence-corrected chi connectivity index (χ1v) is 8.40. The molecular formula is C18H24N4O3. The molecule has 0 saturated carbocycles. The summed E-state index contributed by atoms with van der Waals surface area (Å²) in [5.41, 5.74) is 2.13. The van der Waals surface area contributed by atoms with E-state index in [2.05, 4.69) is 20.2 Å². The first-order valence-electron chi connectivity index (χ1n) is 8.40. The van der Waals surface area contributed by atoms with Gasteiger partial charge in [0.1, 0.15) is 11.1 Å². The van der Waals surface area contributed by atoms with E-state index in [0.717, 1.165) is 29.7 Å². The number of anilines is 1. The molecule has 1 fully saturated rings. The fourth-order valence-corrected chi connectivity index (χ4v) is 2.93. The lowest BCUT2D eigenvalue weighted by molar-refractivity contribution is 0.0509. The lowest BCUT2D eigenvalue weighted by Crippen LogP contribution is -2.40. The number of aromatic nitrogens is 2. The number of carbonyl (C=O) groups is 1. The standard InChI is InChI=1S/C18H24N4O3/c1-18(2,3)25-17(23)20-12-8-10-22(11-12)14-7-9-19-13-5-6-15(24-4)21-16(13)14/h5-7,9,12H,8,10-11H2,1-4H3,(H,20,23). The van der Waals surface area contributed by atoms with Crippen LogP contribution in [0, 0.1) is 0 Å². The highest BCUT2D eigenvalue weighted by molar-refractivity contribution is 5.88. The Morgan fingerprint density at radius 3 is 2.84 bits per heavy atom. The summed E-state index contributed by atoms with van der Waals surface area (Å²) in [5, 5.41) is 2.94. The molecule has 1 saturated heterocycles. The molecule has 0 aromatic carbocycles. The molecule has 3 heterocycles. The summed E-state index contributed by atoms with van der Waals surface area (Å²) in [6.45, 7) is 7.11. The molecule has 0 spiro atoms. The summed E-state index contributed by atoms with van der Waals surface area (Å²) >= 11 is 0. The first kappa shape index (κ1) is 17.3. The van der Waals surface area contributed by atoms with E-state index in [1.807, 2.05) is 32.9 Å². The van der Waals surface area contributed by atoms with Gasteiger partial charge >= 0.3 is 6.09 Å². The number of amides is 1. The van der Waals surface area contributed by atoms with Crippen LogP contribution < -0.4 is 15.0 Å². The van der Waals surface area contributed by atoms with Gasteiger partial charge in [-0.2, -0.15) is 0 Å². The highest BCUT2D eigenvalue weighted by Gasteiger charge is 2.27. The molecular weight excluding hydrogens is 320 g/mol. The van der Waals surface area contributed by atoms with E-state index in [4.69, 9.17) is 9.47 Å².